The minimum Gasteiger partial charge on any atom is -0.387 e. The largest absolute Gasteiger partial charge is 0.387 e. The van der Waals surface area contributed by atoms with Crippen LogP contribution in [0.2, 0.25) is 0 Å². The van der Waals surface area contributed by atoms with E-state index in [-0.39, 0.29) is 25.9 Å². The van der Waals surface area contributed by atoms with Crippen LogP contribution < -0.4 is 0 Å². The van der Waals surface area contributed by atoms with E-state index >= 15 is 0 Å². The molecule has 1 saturated heterocycles. The first-order valence-electron chi connectivity index (χ1n) is 8.46. The fraction of sp³-hybridized carbons (Fsp3) is 1.00. The molecule has 0 aromatic rings. The minimum atomic E-state index is -3.62. The first-order valence-corrected chi connectivity index (χ1v) is 10.1. The van der Waals surface area contributed by atoms with E-state index in [4.69, 9.17) is 18.7 Å². The highest BCUT2D eigenvalue weighted by Gasteiger charge is 2.44. The second-order valence-electron chi connectivity index (χ2n) is 6.61. The molecular formula is C15H31O9P. The van der Waals surface area contributed by atoms with Crippen LogP contribution in [0.3, 0.4) is 0 Å². The average molecular weight is 386 g/mol. The molecule has 1 aliphatic rings. The number of hydrogen-bond acceptors (Lipinski definition) is 8. The zero-order chi connectivity index (χ0) is 19.2. The number of aliphatic hydroxyl groups excluding tert-OH is 3. The Labute approximate surface area is 148 Å². The van der Waals surface area contributed by atoms with Crippen molar-refractivity contribution in [2.24, 2.45) is 0 Å². The molecule has 0 aromatic carbocycles. The van der Waals surface area contributed by atoms with Gasteiger partial charge in [0.25, 0.3) is 0 Å². The molecule has 0 amide bonds. The lowest BCUT2D eigenvalue weighted by molar-refractivity contribution is -0.304. The molecule has 25 heavy (non-hydrogen) atoms. The van der Waals surface area contributed by atoms with Crippen molar-refractivity contribution < 1.29 is 43.5 Å². The molecule has 0 radical (unpaired) electrons. The number of aliphatic hydroxyl groups is 3. The highest BCUT2D eigenvalue weighted by molar-refractivity contribution is 7.53. The Hall–Kier alpha value is -0.0900. The SMILES string of the molecule is CC(C)OCC1OC(OCCCOP(=O)(O)C(C)C)C(O)C(O)C1O. The number of rotatable bonds is 10. The van der Waals surface area contributed by atoms with E-state index in [1.54, 1.807) is 13.8 Å². The first kappa shape index (κ1) is 23.0. The van der Waals surface area contributed by atoms with Gasteiger partial charge in [0.15, 0.2) is 6.29 Å². The summed E-state index contributed by atoms with van der Waals surface area (Å²) in [6.07, 6.45) is -5.86. The lowest BCUT2D eigenvalue weighted by Gasteiger charge is -2.40. The molecule has 1 aliphatic heterocycles. The van der Waals surface area contributed by atoms with Gasteiger partial charge in [-0.3, -0.25) is 4.57 Å². The van der Waals surface area contributed by atoms with E-state index in [2.05, 4.69) is 0 Å². The molecule has 6 atom stereocenters. The van der Waals surface area contributed by atoms with Gasteiger partial charge in [0.2, 0.25) is 0 Å². The van der Waals surface area contributed by atoms with E-state index in [1.807, 2.05) is 13.8 Å². The Bertz CT molecular complexity index is 431. The van der Waals surface area contributed by atoms with Crippen molar-refractivity contribution in [1.29, 1.82) is 0 Å². The van der Waals surface area contributed by atoms with Gasteiger partial charge in [-0.15, -0.1) is 0 Å². The minimum absolute atomic E-state index is 0.0137. The fourth-order valence-corrected chi connectivity index (χ4v) is 2.77. The van der Waals surface area contributed by atoms with Crippen LogP contribution in [0, 0.1) is 0 Å². The molecule has 10 heteroatoms. The summed E-state index contributed by atoms with van der Waals surface area (Å²) in [4.78, 5) is 9.54. The van der Waals surface area contributed by atoms with Crippen LogP contribution in [0.25, 0.3) is 0 Å². The van der Waals surface area contributed by atoms with Crippen molar-refractivity contribution in [3.8, 4) is 0 Å². The Kier molecular flexibility index (Phi) is 9.45. The van der Waals surface area contributed by atoms with E-state index in [1.165, 1.54) is 0 Å². The second kappa shape index (κ2) is 10.3. The van der Waals surface area contributed by atoms with Crippen LogP contribution in [-0.2, 0) is 23.3 Å². The zero-order valence-electron chi connectivity index (χ0n) is 15.1. The maximum absolute atomic E-state index is 11.6. The Morgan fingerprint density at radius 1 is 1.04 bits per heavy atom. The molecule has 0 spiro atoms. The maximum atomic E-state index is 11.6. The molecule has 0 saturated carbocycles. The van der Waals surface area contributed by atoms with Crippen LogP contribution >= 0.6 is 7.60 Å². The summed E-state index contributed by atoms with van der Waals surface area (Å²) in [5, 5.41) is 29.8. The average Bonchev–Trinajstić information content (AvgIpc) is 2.52. The summed E-state index contributed by atoms with van der Waals surface area (Å²) >= 11 is 0. The normalized spacial score (nSPS) is 33.0. The summed E-state index contributed by atoms with van der Waals surface area (Å²) in [7, 11) is -3.62. The van der Waals surface area contributed by atoms with E-state index in [0.717, 1.165) is 0 Å². The van der Waals surface area contributed by atoms with Crippen molar-refractivity contribution in [1.82, 2.24) is 0 Å². The third kappa shape index (κ3) is 7.21. The van der Waals surface area contributed by atoms with Gasteiger partial charge >= 0.3 is 7.60 Å². The molecule has 150 valence electrons. The van der Waals surface area contributed by atoms with Gasteiger partial charge in [-0.25, -0.2) is 0 Å². The molecule has 0 bridgehead atoms. The van der Waals surface area contributed by atoms with Crippen LogP contribution in [0.5, 0.6) is 0 Å². The van der Waals surface area contributed by atoms with Crippen LogP contribution in [0.15, 0.2) is 0 Å². The van der Waals surface area contributed by atoms with Gasteiger partial charge in [-0.05, 0) is 20.3 Å². The topological polar surface area (TPSA) is 135 Å². The third-order valence-corrected chi connectivity index (χ3v) is 5.62. The molecule has 9 nitrogen and oxygen atoms in total. The standard InChI is InChI=1S/C15H31O9P/c1-9(2)22-8-11-12(16)13(17)14(18)15(24-11)21-6-5-7-23-25(19,20)10(3)4/h9-18H,5-8H2,1-4H3,(H,19,20). The fourth-order valence-electron chi connectivity index (χ4n) is 2.08. The number of hydrogen-bond donors (Lipinski definition) is 4. The van der Waals surface area contributed by atoms with Crippen molar-refractivity contribution in [3.05, 3.63) is 0 Å². The van der Waals surface area contributed by atoms with Crippen LogP contribution in [-0.4, -0.2) is 82.5 Å². The van der Waals surface area contributed by atoms with E-state index in [0.29, 0.717) is 6.42 Å². The van der Waals surface area contributed by atoms with Crippen molar-refractivity contribution >= 4 is 7.60 Å². The van der Waals surface area contributed by atoms with Gasteiger partial charge in [-0.2, -0.15) is 0 Å². The predicted octanol–water partition coefficient (Wildman–Crippen LogP) is 0.236. The first-order chi connectivity index (χ1) is 11.6. The summed E-state index contributed by atoms with van der Waals surface area (Å²) in [5.74, 6) is 0. The predicted molar refractivity (Wildman–Crippen MR) is 89.3 cm³/mol. The summed E-state index contributed by atoms with van der Waals surface area (Å²) < 4.78 is 32.8. The maximum Gasteiger partial charge on any atom is 0.330 e. The zero-order valence-corrected chi connectivity index (χ0v) is 16.0. The molecule has 0 aromatic heterocycles. The van der Waals surface area contributed by atoms with Crippen LogP contribution in [0.1, 0.15) is 34.1 Å². The van der Waals surface area contributed by atoms with Gasteiger partial charge in [0, 0.05) is 0 Å². The van der Waals surface area contributed by atoms with Crippen LogP contribution in [0.4, 0.5) is 0 Å². The Morgan fingerprint density at radius 3 is 2.24 bits per heavy atom. The van der Waals surface area contributed by atoms with Gasteiger partial charge in [0.05, 0.1) is 31.6 Å². The second-order valence-corrected chi connectivity index (χ2v) is 9.03. The third-order valence-electron chi connectivity index (χ3n) is 3.76. The molecule has 0 aliphatic carbocycles. The van der Waals surface area contributed by atoms with Crippen molar-refractivity contribution in [3.63, 3.8) is 0 Å². The lowest BCUT2D eigenvalue weighted by Crippen LogP contribution is -2.59. The molecule has 6 unspecified atom stereocenters. The van der Waals surface area contributed by atoms with Gasteiger partial charge in [0.1, 0.15) is 24.4 Å². The Balaban J connectivity index is 2.41. The quantitative estimate of drug-likeness (QED) is 0.307. The summed E-state index contributed by atoms with van der Waals surface area (Å²) in [6, 6.07) is 0. The lowest BCUT2D eigenvalue weighted by atomic mass is 9.99. The Morgan fingerprint density at radius 2 is 1.68 bits per heavy atom. The summed E-state index contributed by atoms with van der Waals surface area (Å²) in [6.45, 7) is 6.98. The molecule has 1 fully saturated rings. The van der Waals surface area contributed by atoms with Gasteiger partial charge < -0.3 is 38.9 Å². The highest BCUT2D eigenvalue weighted by atomic mass is 31.2. The molecule has 1 rings (SSSR count). The van der Waals surface area contributed by atoms with Crippen molar-refractivity contribution in [2.45, 2.75) is 76.6 Å². The van der Waals surface area contributed by atoms with E-state index < -0.39 is 44.0 Å². The highest BCUT2D eigenvalue weighted by Crippen LogP contribution is 2.46. The van der Waals surface area contributed by atoms with Crippen molar-refractivity contribution in [2.75, 3.05) is 19.8 Å². The van der Waals surface area contributed by atoms with E-state index in [9.17, 15) is 24.8 Å². The number of ether oxygens (including phenoxy) is 3. The molecule has 1 heterocycles. The molecular weight excluding hydrogens is 355 g/mol. The molecule has 4 N–H and O–H groups in total. The monoisotopic (exact) mass is 386 g/mol. The summed E-state index contributed by atoms with van der Waals surface area (Å²) in [5.41, 5.74) is -0.490. The smallest absolute Gasteiger partial charge is 0.330 e. The van der Waals surface area contributed by atoms with Gasteiger partial charge in [-0.1, -0.05) is 13.8 Å².